The SMILES string of the molecule is CCOC(=O)Cn1c(=S)[nH]c2ccc(C)nc21. The number of pyridine rings is 1. The lowest BCUT2D eigenvalue weighted by Gasteiger charge is -2.03. The number of rotatable bonds is 3. The van der Waals surface area contributed by atoms with Crippen LogP contribution >= 0.6 is 12.2 Å². The Hall–Kier alpha value is -1.69. The van der Waals surface area contributed by atoms with Crippen LogP contribution in [0.5, 0.6) is 0 Å². The Morgan fingerprint density at radius 2 is 2.35 bits per heavy atom. The Morgan fingerprint density at radius 3 is 3.06 bits per heavy atom. The minimum absolute atomic E-state index is 0.0864. The molecule has 17 heavy (non-hydrogen) atoms. The first kappa shape index (κ1) is 11.8. The van der Waals surface area contributed by atoms with Crippen LogP contribution in [0.4, 0.5) is 0 Å². The summed E-state index contributed by atoms with van der Waals surface area (Å²) in [5.41, 5.74) is 2.39. The molecule has 2 heterocycles. The third-order valence-corrected chi connectivity index (χ3v) is 2.67. The number of fused-ring (bicyclic) bond motifs is 1. The number of hydrogen-bond acceptors (Lipinski definition) is 4. The normalized spacial score (nSPS) is 10.7. The predicted molar refractivity (Wildman–Crippen MR) is 66.3 cm³/mol. The molecule has 0 aliphatic carbocycles. The maximum atomic E-state index is 11.5. The summed E-state index contributed by atoms with van der Waals surface area (Å²) in [6.45, 7) is 4.11. The second-order valence-electron chi connectivity index (χ2n) is 3.65. The number of nitrogens with zero attached hydrogens (tertiary/aromatic N) is 2. The number of hydrogen-bond donors (Lipinski definition) is 1. The van der Waals surface area contributed by atoms with E-state index in [2.05, 4.69) is 9.97 Å². The van der Waals surface area contributed by atoms with Crippen LogP contribution in [0.1, 0.15) is 12.6 Å². The molecule has 0 amide bonds. The van der Waals surface area contributed by atoms with E-state index in [4.69, 9.17) is 17.0 Å². The summed E-state index contributed by atoms with van der Waals surface area (Å²) in [6.07, 6.45) is 0. The van der Waals surface area contributed by atoms with Gasteiger partial charge in [0.1, 0.15) is 6.54 Å². The number of carbonyl (C=O) groups is 1. The summed E-state index contributed by atoms with van der Waals surface area (Å²) < 4.78 is 7.03. The van der Waals surface area contributed by atoms with Gasteiger partial charge in [0.05, 0.1) is 12.1 Å². The molecule has 0 aliphatic heterocycles. The van der Waals surface area contributed by atoms with Gasteiger partial charge in [-0.15, -0.1) is 0 Å². The maximum Gasteiger partial charge on any atom is 0.326 e. The lowest BCUT2D eigenvalue weighted by Crippen LogP contribution is -2.13. The first-order valence-corrected chi connectivity index (χ1v) is 5.74. The van der Waals surface area contributed by atoms with Gasteiger partial charge in [0.2, 0.25) is 0 Å². The molecule has 2 rings (SSSR count). The van der Waals surface area contributed by atoms with Crippen LogP contribution in [-0.4, -0.2) is 27.1 Å². The molecule has 5 nitrogen and oxygen atoms in total. The van der Waals surface area contributed by atoms with Crippen LogP contribution < -0.4 is 0 Å². The van der Waals surface area contributed by atoms with Gasteiger partial charge in [-0.1, -0.05) is 0 Å². The molecule has 0 aromatic carbocycles. The molecule has 0 spiro atoms. The van der Waals surface area contributed by atoms with E-state index < -0.39 is 0 Å². The summed E-state index contributed by atoms with van der Waals surface area (Å²) in [4.78, 5) is 18.8. The van der Waals surface area contributed by atoms with Crippen molar-refractivity contribution in [2.75, 3.05) is 6.61 Å². The van der Waals surface area contributed by atoms with Crippen LogP contribution in [0, 0.1) is 11.7 Å². The Bertz CT molecular complexity index is 615. The molecule has 0 bridgehead atoms. The maximum absolute atomic E-state index is 11.5. The predicted octanol–water partition coefficient (Wildman–Crippen LogP) is 1.97. The number of aromatic amines is 1. The zero-order chi connectivity index (χ0) is 12.4. The van der Waals surface area contributed by atoms with Gasteiger partial charge in [0, 0.05) is 5.69 Å². The van der Waals surface area contributed by atoms with Crippen molar-refractivity contribution in [3.8, 4) is 0 Å². The van der Waals surface area contributed by atoms with Crippen molar-refractivity contribution in [3.63, 3.8) is 0 Å². The van der Waals surface area contributed by atoms with Crippen LogP contribution in [0.3, 0.4) is 0 Å². The highest BCUT2D eigenvalue weighted by Crippen LogP contribution is 2.12. The van der Waals surface area contributed by atoms with E-state index >= 15 is 0 Å². The molecule has 0 saturated carbocycles. The molecule has 0 saturated heterocycles. The lowest BCUT2D eigenvalue weighted by molar-refractivity contribution is -0.143. The minimum atomic E-state index is -0.312. The molecule has 0 aliphatic rings. The fourth-order valence-corrected chi connectivity index (χ4v) is 1.87. The highest BCUT2D eigenvalue weighted by Gasteiger charge is 2.10. The summed E-state index contributed by atoms with van der Waals surface area (Å²) in [5, 5.41) is 0. The molecule has 6 heteroatoms. The average Bonchev–Trinajstić information content (AvgIpc) is 2.56. The van der Waals surface area contributed by atoms with Crippen molar-refractivity contribution in [3.05, 3.63) is 22.6 Å². The minimum Gasteiger partial charge on any atom is -0.465 e. The molecule has 0 fully saturated rings. The van der Waals surface area contributed by atoms with Crippen molar-refractivity contribution in [2.24, 2.45) is 0 Å². The molecule has 1 N–H and O–H groups in total. The van der Waals surface area contributed by atoms with E-state index in [1.54, 1.807) is 11.5 Å². The topological polar surface area (TPSA) is 59.9 Å². The van der Waals surface area contributed by atoms with Crippen LogP contribution in [0.25, 0.3) is 11.2 Å². The molecule has 0 atom stereocenters. The monoisotopic (exact) mass is 251 g/mol. The van der Waals surface area contributed by atoms with Gasteiger partial charge in [-0.2, -0.15) is 0 Å². The molecular formula is C11H13N3O2S. The Morgan fingerprint density at radius 1 is 1.59 bits per heavy atom. The highest BCUT2D eigenvalue weighted by atomic mass is 32.1. The first-order chi connectivity index (χ1) is 8.11. The Labute approximate surface area is 103 Å². The second kappa shape index (κ2) is 4.67. The van der Waals surface area contributed by atoms with Crippen LogP contribution in [-0.2, 0) is 16.1 Å². The molecule has 90 valence electrons. The highest BCUT2D eigenvalue weighted by molar-refractivity contribution is 7.71. The van der Waals surface area contributed by atoms with Crippen molar-refractivity contribution in [2.45, 2.75) is 20.4 Å². The van der Waals surface area contributed by atoms with E-state index in [1.807, 2.05) is 19.1 Å². The molecular weight excluding hydrogens is 238 g/mol. The average molecular weight is 251 g/mol. The standard InChI is InChI=1S/C11H13N3O2S/c1-3-16-9(15)6-14-10-8(13-11(14)17)5-4-7(2)12-10/h4-5H,3,6H2,1-2H3,(H,13,17). The quantitative estimate of drug-likeness (QED) is 0.669. The van der Waals surface area contributed by atoms with E-state index in [0.29, 0.717) is 17.0 Å². The van der Waals surface area contributed by atoms with Gasteiger partial charge in [0.25, 0.3) is 0 Å². The van der Waals surface area contributed by atoms with Crippen LogP contribution in [0.15, 0.2) is 12.1 Å². The first-order valence-electron chi connectivity index (χ1n) is 5.33. The van der Waals surface area contributed by atoms with Gasteiger partial charge in [0.15, 0.2) is 10.4 Å². The van der Waals surface area contributed by atoms with Crippen molar-refractivity contribution < 1.29 is 9.53 Å². The largest absolute Gasteiger partial charge is 0.465 e. The smallest absolute Gasteiger partial charge is 0.326 e. The second-order valence-corrected chi connectivity index (χ2v) is 4.03. The number of carbonyl (C=O) groups excluding carboxylic acids is 1. The Balaban J connectivity index is 2.45. The van der Waals surface area contributed by atoms with Gasteiger partial charge in [-0.25, -0.2) is 4.98 Å². The number of aryl methyl sites for hydroxylation is 1. The van der Waals surface area contributed by atoms with Crippen molar-refractivity contribution >= 4 is 29.4 Å². The fourth-order valence-electron chi connectivity index (χ4n) is 1.61. The molecule has 2 aromatic heterocycles. The molecule has 0 unspecified atom stereocenters. The molecule has 0 radical (unpaired) electrons. The Kier molecular flexibility index (Phi) is 3.23. The van der Waals surface area contributed by atoms with Gasteiger partial charge < -0.3 is 9.72 Å². The number of ether oxygens (including phenoxy) is 1. The lowest BCUT2D eigenvalue weighted by atomic mass is 10.3. The third kappa shape index (κ3) is 2.36. The summed E-state index contributed by atoms with van der Waals surface area (Å²) >= 11 is 5.16. The summed E-state index contributed by atoms with van der Waals surface area (Å²) in [5.74, 6) is -0.312. The van der Waals surface area contributed by atoms with E-state index in [0.717, 1.165) is 11.2 Å². The fraction of sp³-hybridized carbons (Fsp3) is 0.364. The van der Waals surface area contributed by atoms with Crippen molar-refractivity contribution in [1.29, 1.82) is 0 Å². The zero-order valence-corrected chi connectivity index (χ0v) is 10.5. The number of nitrogens with one attached hydrogen (secondary N) is 1. The summed E-state index contributed by atoms with van der Waals surface area (Å²) in [7, 11) is 0. The molecule has 2 aromatic rings. The van der Waals surface area contributed by atoms with Crippen LogP contribution in [0.2, 0.25) is 0 Å². The number of aromatic nitrogens is 3. The van der Waals surface area contributed by atoms with E-state index in [-0.39, 0.29) is 12.5 Å². The zero-order valence-electron chi connectivity index (χ0n) is 9.69. The van der Waals surface area contributed by atoms with Gasteiger partial charge >= 0.3 is 5.97 Å². The van der Waals surface area contributed by atoms with E-state index in [1.165, 1.54) is 0 Å². The van der Waals surface area contributed by atoms with Gasteiger partial charge in [-0.05, 0) is 38.2 Å². The van der Waals surface area contributed by atoms with Crippen molar-refractivity contribution in [1.82, 2.24) is 14.5 Å². The summed E-state index contributed by atoms with van der Waals surface area (Å²) in [6, 6.07) is 3.79. The van der Waals surface area contributed by atoms with Gasteiger partial charge in [-0.3, -0.25) is 9.36 Å². The van der Waals surface area contributed by atoms with E-state index in [9.17, 15) is 4.79 Å². The number of H-pyrrole nitrogens is 1. The number of imidazole rings is 1. The number of esters is 1. The third-order valence-electron chi connectivity index (χ3n) is 2.35.